The number of ether oxygens (including phenoxy) is 2. The molecule has 0 spiro atoms. The van der Waals surface area contributed by atoms with Gasteiger partial charge in [0.15, 0.2) is 0 Å². The lowest BCUT2D eigenvalue weighted by molar-refractivity contribution is 0.0526. The van der Waals surface area contributed by atoms with Crippen LogP contribution in [0, 0.1) is 0 Å². The number of carbonyl (C=O) groups is 2. The second-order valence-electron chi connectivity index (χ2n) is 6.71. The highest BCUT2D eigenvalue weighted by Crippen LogP contribution is 2.14. The van der Waals surface area contributed by atoms with E-state index in [0.717, 1.165) is 19.4 Å². The molecule has 0 unspecified atom stereocenters. The molecule has 1 fully saturated rings. The molecule has 1 amide bonds. The molecule has 1 atom stereocenters. The van der Waals surface area contributed by atoms with E-state index in [1.165, 1.54) is 0 Å². The zero-order valence-electron chi connectivity index (χ0n) is 16.7. The third kappa shape index (κ3) is 6.30. The summed E-state index contributed by atoms with van der Waals surface area (Å²) >= 11 is 5.89. The summed E-state index contributed by atoms with van der Waals surface area (Å²) in [5, 5.41) is 6.44. The van der Waals surface area contributed by atoms with Crippen LogP contribution in [-0.2, 0) is 9.47 Å². The Labute approximate surface area is 180 Å². The second kappa shape index (κ2) is 10.8. The van der Waals surface area contributed by atoms with Crippen LogP contribution in [0.3, 0.4) is 0 Å². The topological polar surface area (TPSA) is 89.0 Å². The quantitative estimate of drug-likeness (QED) is 0.413. The minimum Gasteiger partial charge on any atom is -0.462 e. The number of carbonyl (C=O) groups excluding carboxylic acids is 2. The SMILES string of the molecule is CCOC(=O)c1ccc(NC(=NC[C@H]2CCCO2)NC(=O)c2ccc(Cl)cc2)cc1. The van der Waals surface area contributed by atoms with Gasteiger partial charge in [0, 0.05) is 22.9 Å². The molecule has 158 valence electrons. The van der Waals surface area contributed by atoms with Gasteiger partial charge >= 0.3 is 5.97 Å². The molecule has 8 heteroatoms. The first-order valence-corrected chi connectivity index (χ1v) is 10.2. The van der Waals surface area contributed by atoms with Gasteiger partial charge in [-0.1, -0.05) is 11.6 Å². The van der Waals surface area contributed by atoms with Gasteiger partial charge in [-0.3, -0.25) is 10.1 Å². The van der Waals surface area contributed by atoms with Crippen molar-refractivity contribution in [1.29, 1.82) is 0 Å². The highest BCUT2D eigenvalue weighted by atomic mass is 35.5. The predicted molar refractivity (Wildman–Crippen MR) is 116 cm³/mol. The monoisotopic (exact) mass is 429 g/mol. The van der Waals surface area contributed by atoms with Crippen molar-refractivity contribution in [2.75, 3.05) is 25.1 Å². The lowest BCUT2D eigenvalue weighted by Gasteiger charge is -2.14. The number of aliphatic imine (C=N–C) groups is 1. The van der Waals surface area contributed by atoms with Gasteiger partial charge in [-0.2, -0.15) is 0 Å². The van der Waals surface area contributed by atoms with Crippen LogP contribution in [0.1, 0.15) is 40.5 Å². The van der Waals surface area contributed by atoms with Crippen LogP contribution in [-0.4, -0.2) is 43.7 Å². The van der Waals surface area contributed by atoms with Gasteiger partial charge in [0.1, 0.15) is 0 Å². The highest BCUT2D eigenvalue weighted by molar-refractivity contribution is 6.30. The van der Waals surface area contributed by atoms with Crippen molar-refractivity contribution in [3.05, 3.63) is 64.7 Å². The van der Waals surface area contributed by atoms with E-state index in [-0.39, 0.29) is 18.0 Å². The molecule has 7 nitrogen and oxygen atoms in total. The maximum atomic E-state index is 12.6. The molecule has 0 aliphatic carbocycles. The van der Waals surface area contributed by atoms with Crippen LogP contribution in [0.25, 0.3) is 0 Å². The van der Waals surface area contributed by atoms with Crippen molar-refractivity contribution in [2.45, 2.75) is 25.9 Å². The third-order valence-electron chi connectivity index (χ3n) is 4.47. The molecule has 0 aromatic heterocycles. The highest BCUT2D eigenvalue weighted by Gasteiger charge is 2.16. The van der Waals surface area contributed by atoms with E-state index >= 15 is 0 Å². The molecular weight excluding hydrogens is 406 g/mol. The standard InChI is InChI=1S/C22H24ClN3O4/c1-2-29-21(28)16-7-11-18(12-8-16)25-22(24-14-19-4-3-13-30-19)26-20(27)15-5-9-17(23)10-6-15/h5-12,19H,2-4,13-14H2,1H3,(H2,24,25,26,27)/t19-/m1/s1. The minimum atomic E-state index is -0.382. The maximum Gasteiger partial charge on any atom is 0.338 e. The average molecular weight is 430 g/mol. The maximum absolute atomic E-state index is 12.6. The number of hydrogen-bond acceptors (Lipinski definition) is 5. The zero-order valence-corrected chi connectivity index (χ0v) is 17.4. The second-order valence-corrected chi connectivity index (χ2v) is 7.14. The van der Waals surface area contributed by atoms with Crippen molar-refractivity contribution in [3.63, 3.8) is 0 Å². The Bertz CT molecular complexity index is 892. The molecule has 1 heterocycles. The molecule has 1 aliphatic heterocycles. The summed E-state index contributed by atoms with van der Waals surface area (Å²) in [4.78, 5) is 28.9. The summed E-state index contributed by atoms with van der Waals surface area (Å²) in [6.45, 7) is 3.24. The van der Waals surface area contributed by atoms with Crippen LogP contribution < -0.4 is 10.6 Å². The molecule has 0 saturated carbocycles. The van der Waals surface area contributed by atoms with E-state index in [9.17, 15) is 9.59 Å². The van der Waals surface area contributed by atoms with Crippen LogP contribution in [0.4, 0.5) is 5.69 Å². The molecule has 1 aliphatic rings. The summed E-state index contributed by atoms with van der Waals surface area (Å²) in [6.07, 6.45) is 1.99. The van der Waals surface area contributed by atoms with E-state index in [4.69, 9.17) is 21.1 Å². The van der Waals surface area contributed by atoms with Crippen molar-refractivity contribution in [2.24, 2.45) is 4.99 Å². The lowest BCUT2D eigenvalue weighted by atomic mass is 10.2. The number of amides is 1. The number of halogens is 1. The fraction of sp³-hybridized carbons (Fsp3) is 0.318. The smallest absolute Gasteiger partial charge is 0.338 e. The number of guanidine groups is 1. The van der Waals surface area contributed by atoms with Gasteiger partial charge in [0.25, 0.3) is 5.91 Å². The summed E-state index contributed by atoms with van der Waals surface area (Å²) in [5.41, 5.74) is 1.58. The van der Waals surface area contributed by atoms with Gasteiger partial charge in [-0.15, -0.1) is 0 Å². The van der Waals surface area contributed by atoms with Gasteiger partial charge in [0.2, 0.25) is 5.96 Å². The Morgan fingerprint density at radius 2 is 1.83 bits per heavy atom. The molecule has 30 heavy (non-hydrogen) atoms. The molecule has 3 rings (SSSR count). The molecule has 0 radical (unpaired) electrons. The Hall–Kier alpha value is -2.90. The summed E-state index contributed by atoms with van der Waals surface area (Å²) < 4.78 is 10.6. The van der Waals surface area contributed by atoms with E-state index in [2.05, 4.69) is 15.6 Å². The summed E-state index contributed by atoms with van der Waals surface area (Å²) in [6, 6.07) is 13.3. The van der Waals surface area contributed by atoms with Gasteiger partial charge in [-0.05, 0) is 68.3 Å². The first kappa shape index (κ1) is 21.8. The zero-order chi connectivity index (χ0) is 21.3. The van der Waals surface area contributed by atoms with E-state index in [0.29, 0.717) is 40.9 Å². The number of rotatable bonds is 6. The van der Waals surface area contributed by atoms with Crippen molar-refractivity contribution in [3.8, 4) is 0 Å². The van der Waals surface area contributed by atoms with Crippen LogP contribution >= 0.6 is 11.6 Å². The third-order valence-corrected chi connectivity index (χ3v) is 4.73. The van der Waals surface area contributed by atoms with Crippen LogP contribution in [0.2, 0.25) is 5.02 Å². The molecule has 0 bridgehead atoms. The Morgan fingerprint density at radius 1 is 1.13 bits per heavy atom. The van der Waals surface area contributed by atoms with Gasteiger partial charge in [-0.25, -0.2) is 9.79 Å². The van der Waals surface area contributed by atoms with E-state index in [1.54, 1.807) is 55.5 Å². The molecule has 2 aromatic rings. The molecule has 2 N–H and O–H groups in total. The van der Waals surface area contributed by atoms with Gasteiger partial charge < -0.3 is 14.8 Å². The predicted octanol–water partition coefficient (Wildman–Crippen LogP) is 3.89. The number of nitrogens with zero attached hydrogens (tertiary/aromatic N) is 1. The van der Waals surface area contributed by atoms with Crippen molar-refractivity contribution < 1.29 is 19.1 Å². The van der Waals surface area contributed by atoms with Crippen LogP contribution in [0.15, 0.2) is 53.5 Å². The normalized spacial score (nSPS) is 16.2. The molecular formula is C22H24ClN3O4. The summed E-state index contributed by atoms with van der Waals surface area (Å²) in [7, 11) is 0. The number of benzene rings is 2. The lowest BCUT2D eigenvalue weighted by Crippen LogP contribution is -2.36. The number of anilines is 1. The molecule has 2 aromatic carbocycles. The number of hydrogen-bond donors (Lipinski definition) is 2. The first-order chi connectivity index (χ1) is 14.5. The fourth-order valence-electron chi connectivity index (χ4n) is 2.91. The molecule has 1 saturated heterocycles. The van der Waals surface area contributed by atoms with Crippen molar-refractivity contribution in [1.82, 2.24) is 5.32 Å². The first-order valence-electron chi connectivity index (χ1n) is 9.82. The van der Waals surface area contributed by atoms with E-state index < -0.39 is 0 Å². The van der Waals surface area contributed by atoms with E-state index in [1.807, 2.05) is 0 Å². The minimum absolute atomic E-state index is 0.0421. The fourth-order valence-corrected chi connectivity index (χ4v) is 3.04. The largest absolute Gasteiger partial charge is 0.462 e. The van der Waals surface area contributed by atoms with Crippen LogP contribution in [0.5, 0.6) is 0 Å². The number of esters is 1. The van der Waals surface area contributed by atoms with Gasteiger partial charge in [0.05, 0.1) is 24.8 Å². The summed E-state index contributed by atoms with van der Waals surface area (Å²) in [5.74, 6) is -0.393. The Balaban J connectivity index is 1.71. The van der Waals surface area contributed by atoms with Crippen molar-refractivity contribution >= 4 is 35.1 Å². The average Bonchev–Trinajstić information content (AvgIpc) is 3.27. The number of nitrogens with one attached hydrogen (secondary N) is 2. The Kier molecular flexibility index (Phi) is 7.82. The Morgan fingerprint density at radius 3 is 2.47 bits per heavy atom.